The Balaban J connectivity index is 1.77. The Hall–Kier alpha value is -2.74. The van der Waals surface area contributed by atoms with Gasteiger partial charge in [0.1, 0.15) is 22.9 Å². The Bertz CT molecular complexity index is 1260. The van der Waals surface area contributed by atoms with Gasteiger partial charge >= 0.3 is 0 Å². The van der Waals surface area contributed by atoms with E-state index in [1.54, 1.807) is 6.33 Å². The van der Waals surface area contributed by atoms with Crippen molar-refractivity contribution < 1.29 is 0 Å². The van der Waals surface area contributed by atoms with Crippen molar-refractivity contribution in [3.8, 4) is 0 Å². The largest absolute Gasteiger partial charge is 0.329 e. The second kappa shape index (κ2) is 7.26. The summed E-state index contributed by atoms with van der Waals surface area (Å²) in [6.45, 7) is 1.96. The lowest BCUT2D eigenvalue weighted by Gasteiger charge is -2.28. The zero-order chi connectivity index (χ0) is 20.0. The van der Waals surface area contributed by atoms with E-state index in [0.29, 0.717) is 33.6 Å². The van der Waals surface area contributed by atoms with E-state index < -0.39 is 5.25 Å². The van der Waals surface area contributed by atoms with Crippen molar-refractivity contribution >= 4 is 34.7 Å². The van der Waals surface area contributed by atoms with Crippen LogP contribution in [0.4, 0.5) is 0 Å². The van der Waals surface area contributed by atoms with Gasteiger partial charge in [-0.15, -0.1) is 0 Å². The lowest BCUT2D eigenvalue weighted by atomic mass is 9.94. The Labute approximate surface area is 173 Å². The van der Waals surface area contributed by atoms with Gasteiger partial charge in [-0.2, -0.15) is 12.6 Å². The van der Waals surface area contributed by atoms with Gasteiger partial charge in [0.25, 0.3) is 5.56 Å². The van der Waals surface area contributed by atoms with Crippen LogP contribution in [0.3, 0.4) is 0 Å². The summed E-state index contributed by atoms with van der Waals surface area (Å²) in [6.07, 6.45) is 8.50. The van der Waals surface area contributed by atoms with Gasteiger partial charge in [-0.25, -0.2) is 19.9 Å². The number of thiol groups is 1. The fraction of sp³-hybridized carbons (Fsp3) is 0.381. The number of benzene rings is 1. The van der Waals surface area contributed by atoms with Crippen LogP contribution in [0.1, 0.15) is 60.5 Å². The molecule has 0 spiro atoms. The standard InChI is InChI=1S/C21H22N6OS/c1-12-6-5-9-14-15(12)21(28)27(13-7-3-2-4-8-13)20(26-14)18(29)16-17-19(24-10-22-16)25-11-23-17/h5-6,9-11,13,18,29H,2-4,7-8H2,1H3,(H,22,23,24,25). The van der Waals surface area contributed by atoms with Gasteiger partial charge in [-0.1, -0.05) is 31.4 Å². The molecule has 0 radical (unpaired) electrons. The molecule has 1 aliphatic carbocycles. The number of H-pyrrole nitrogens is 1. The minimum atomic E-state index is -0.483. The van der Waals surface area contributed by atoms with E-state index in [4.69, 9.17) is 17.6 Å². The summed E-state index contributed by atoms with van der Waals surface area (Å²) in [7, 11) is 0. The van der Waals surface area contributed by atoms with Crippen LogP contribution in [0.2, 0.25) is 0 Å². The molecule has 8 heteroatoms. The Kier molecular flexibility index (Phi) is 4.58. The molecule has 1 atom stereocenters. The second-order valence-electron chi connectivity index (χ2n) is 7.67. The van der Waals surface area contributed by atoms with E-state index in [9.17, 15) is 4.79 Å². The van der Waals surface area contributed by atoms with Gasteiger partial charge in [0, 0.05) is 6.04 Å². The fourth-order valence-corrected chi connectivity index (χ4v) is 4.79. The summed E-state index contributed by atoms with van der Waals surface area (Å²) in [4.78, 5) is 34.6. The number of aromatic nitrogens is 6. The Morgan fingerprint density at radius 1 is 1.17 bits per heavy atom. The number of nitrogens with one attached hydrogen (secondary N) is 1. The second-order valence-corrected chi connectivity index (χ2v) is 8.18. The molecule has 1 fully saturated rings. The number of hydrogen-bond donors (Lipinski definition) is 2. The molecule has 3 aromatic heterocycles. The van der Waals surface area contributed by atoms with E-state index in [-0.39, 0.29) is 11.6 Å². The van der Waals surface area contributed by atoms with Crippen LogP contribution < -0.4 is 5.56 Å². The monoisotopic (exact) mass is 406 g/mol. The van der Waals surface area contributed by atoms with Gasteiger partial charge < -0.3 is 4.98 Å². The molecule has 4 aromatic rings. The minimum absolute atomic E-state index is 0.0152. The number of rotatable bonds is 3. The predicted molar refractivity (Wildman–Crippen MR) is 115 cm³/mol. The molecule has 0 saturated heterocycles. The molecule has 29 heavy (non-hydrogen) atoms. The highest BCUT2D eigenvalue weighted by Gasteiger charge is 2.27. The number of nitrogens with zero attached hydrogens (tertiary/aromatic N) is 5. The lowest BCUT2D eigenvalue weighted by molar-refractivity contribution is 0.337. The SMILES string of the molecule is Cc1cccc2nc(C(S)c3ncnc4[nH]cnc34)n(C3CCCCC3)c(=O)c12. The van der Waals surface area contributed by atoms with Crippen LogP contribution >= 0.6 is 12.6 Å². The number of aromatic amines is 1. The smallest absolute Gasteiger partial charge is 0.261 e. The van der Waals surface area contributed by atoms with Gasteiger partial charge in [0.2, 0.25) is 0 Å². The van der Waals surface area contributed by atoms with Crippen LogP contribution in [0.25, 0.3) is 22.1 Å². The Morgan fingerprint density at radius 2 is 2.00 bits per heavy atom. The predicted octanol–water partition coefficient (Wildman–Crippen LogP) is 3.90. The summed E-state index contributed by atoms with van der Waals surface area (Å²) >= 11 is 4.88. The van der Waals surface area contributed by atoms with Crippen molar-refractivity contribution in [2.75, 3.05) is 0 Å². The number of imidazole rings is 1. The highest BCUT2D eigenvalue weighted by Crippen LogP contribution is 2.34. The van der Waals surface area contributed by atoms with Crippen molar-refractivity contribution in [1.82, 2.24) is 29.5 Å². The maximum absolute atomic E-state index is 13.7. The number of hydrogen-bond acceptors (Lipinski definition) is 6. The van der Waals surface area contributed by atoms with Crippen molar-refractivity contribution in [3.05, 3.63) is 58.3 Å². The molecule has 148 valence electrons. The third-order valence-electron chi connectivity index (χ3n) is 5.85. The molecular weight excluding hydrogens is 384 g/mol. The summed E-state index contributed by atoms with van der Waals surface area (Å²) in [5, 5.41) is 0.207. The summed E-state index contributed by atoms with van der Waals surface area (Å²) in [6, 6.07) is 5.92. The highest BCUT2D eigenvalue weighted by atomic mass is 32.1. The Morgan fingerprint density at radius 3 is 2.83 bits per heavy atom. The van der Waals surface area contributed by atoms with E-state index in [0.717, 1.165) is 31.2 Å². The van der Waals surface area contributed by atoms with E-state index in [1.807, 2.05) is 29.7 Å². The first-order chi connectivity index (χ1) is 14.1. The third kappa shape index (κ3) is 3.02. The van der Waals surface area contributed by atoms with Crippen LogP contribution in [-0.4, -0.2) is 29.5 Å². The van der Waals surface area contributed by atoms with Gasteiger partial charge in [0.05, 0.1) is 22.9 Å². The molecule has 1 N–H and O–H groups in total. The highest BCUT2D eigenvalue weighted by molar-refractivity contribution is 7.80. The van der Waals surface area contributed by atoms with E-state index >= 15 is 0 Å². The molecule has 0 amide bonds. The maximum Gasteiger partial charge on any atom is 0.261 e. The van der Waals surface area contributed by atoms with Crippen LogP contribution in [-0.2, 0) is 0 Å². The first kappa shape index (κ1) is 18.3. The van der Waals surface area contributed by atoms with Gasteiger partial charge in [0.15, 0.2) is 5.65 Å². The molecule has 5 rings (SSSR count). The fourth-order valence-electron chi connectivity index (χ4n) is 4.42. The van der Waals surface area contributed by atoms with Crippen molar-refractivity contribution in [1.29, 1.82) is 0 Å². The zero-order valence-corrected chi connectivity index (χ0v) is 17.1. The maximum atomic E-state index is 13.7. The van der Waals surface area contributed by atoms with Crippen molar-refractivity contribution in [2.45, 2.75) is 50.3 Å². The zero-order valence-electron chi connectivity index (χ0n) is 16.2. The molecule has 1 unspecified atom stereocenters. The quantitative estimate of drug-likeness (QED) is 0.504. The minimum Gasteiger partial charge on any atom is -0.329 e. The first-order valence-corrected chi connectivity index (χ1v) is 10.5. The first-order valence-electron chi connectivity index (χ1n) is 9.99. The third-order valence-corrected chi connectivity index (χ3v) is 6.33. The summed E-state index contributed by atoms with van der Waals surface area (Å²) in [5.41, 5.74) is 3.62. The average Bonchev–Trinajstić information content (AvgIpc) is 3.22. The van der Waals surface area contributed by atoms with Gasteiger partial charge in [-0.3, -0.25) is 9.36 Å². The van der Waals surface area contributed by atoms with Crippen molar-refractivity contribution in [3.63, 3.8) is 0 Å². The van der Waals surface area contributed by atoms with Gasteiger partial charge in [-0.05, 0) is 31.4 Å². The number of fused-ring (bicyclic) bond motifs is 2. The molecule has 0 bridgehead atoms. The lowest BCUT2D eigenvalue weighted by Crippen LogP contribution is -2.32. The topological polar surface area (TPSA) is 89.3 Å². The molecule has 1 saturated carbocycles. The van der Waals surface area contributed by atoms with E-state index in [1.165, 1.54) is 12.7 Å². The van der Waals surface area contributed by atoms with E-state index in [2.05, 4.69) is 19.9 Å². The average molecular weight is 407 g/mol. The summed E-state index contributed by atoms with van der Waals surface area (Å²) in [5.74, 6) is 0.631. The molecular formula is C21H22N6OS. The molecule has 0 aliphatic heterocycles. The molecule has 1 aliphatic rings. The van der Waals surface area contributed by atoms with Crippen LogP contribution in [0, 0.1) is 6.92 Å². The normalized spacial score (nSPS) is 16.5. The van der Waals surface area contributed by atoms with Crippen molar-refractivity contribution in [2.24, 2.45) is 0 Å². The van der Waals surface area contributed by atoms with Crippen LogP contribution in [0.15, 0.2) is 35.6 Å². The molecule has 3 heterocycles. The summed E-state index contributed by atoms with van der Waals surface area (Å²) < 4.78 is 1.88. The molecule has 7 nitrogen and oxygen atoms in total. The van der Waals surface area contributed by atoms with Crippen LogP contribution in [0.5, 0.6) is 0 Å². The number of aryl methyl sites for hydroxylation is 1. The molecule has 1 aromatic carbocycles.